The van der Waals surface area contributed by atoms with E-state index in [1.807, 2.05) is 0 Å². The number of alkyl halides is 2. The Morgan fingerprint density at radius 3 is 2.55 bits per heavy atom. The maximum atomic E-state index is 15.3. The van der Waals surface area contributed by atoms with Gasteiger partial charge in [0.1, 0.15) is 18.2 Å². The molecular formula is C22H33ClF2N3O9PS2. The molecule has 0 bridgehead atoms. The van der Waals surface area contributed by atoms with Crippen LogP contribution in [0.1, 0.15) is 47.8 Å². The standard InChI is InChI=1S/C22H33ClF2N3O9PS2/c1-11(2)36-17(31)12(3)27-38(39,34-7-8-40-19(32)21(4,5)6)35-10-14-15(29)22(23,25)18(37-14)28-9-13(24)16(30)26-20(28)33/h9,11-12,14-15,18,29H,7-8,10H2,1-6H3,(H,27,39)(H,26,30,33)/t12-,14+,15+,18+,22+,38?/m0/s1. The van der Waals surface area contributed by atoms with E-state index in [1.54, 1.807) is 39.6 Å². The van der Waals surface area contributed by atoms with Gasteiger partial charge in [0.05, 0.1) is 25.5 Å². The molecule has 1 unspecified atom stereocenters. The van der Waals surface area contributed by atoms with Crippen LogP contribution in [0.2, 0.25) is 0 Å². The summed E-state index contributed by atoms with van der Waals surface area (Å²) < 4.78 is 51.4. The number of aliphatic hydroxyl groups is 1. The minimum Gasteiger partial charge on any atom is -0.462 e. The van der Waals surface area contributed by atoms with Crippen molar-refractivity contribution in [2.45, 2.75) is 77.3 Å². The Kier molecular flexibility index (Phi) is 12.1. The molecule has 0 amide bonds. The third-order valence-corrected chi connectivity index (χ3v) is 9.53. The van der Waals surface area contributed by atoms with Crippen LogP contribution in [0.3, 0.4) is 0 Å². The van der Waals surface area contributed by atoms with Crippen LogP contribution in [0, 0.1) is 11.2 Å². The summed E-state index contributed by atoms with van der Waals surface area (Å²) in [5.74, 6) is -1.87. The van der Waals surface area contributed by atoms with Gasteiger partial charge in [0.2, 0.25) is 5.82 Å². The summed E-state index contributed by atoms with van der Waals surface area (Å²) >= 11 is 12.4. The van der Waals surface area contributed by atoms with Gasteiger partial charge in [-0.3, -0.25) is 23.9 Å². The number of thioether (sulfide) groups is 1. The van der Waals surface area contributed by atoms with Gasteiger partial charge in [-0.2, -0.15) is 4.39 Å². The molecule has 228 valence electrons. The van der Waals surface area contributed by atoms with Crippen molar-refractivity contribution >= 4 is 52.9 Å². The minimum absolute atomic E-state index is 0.0754. The predicted octanol–water partition coefficient (Wildman–Crippen LogP) is 2.33. The van der Waals surface area contributed by atoms with Crippen LogP contribution in [-0.4, -0.2) is 74.2 Å². The smallest absolute Gasteiger partial charge is 0.330 e. The first-order chi connectivity index (χ1) is 18.3. The maximum Gasteiger partial charge on any atom is 0.330 e. The van der Waals surface area contributed by atoms with Crippen LogP contribution < -0.4 is 16.3 Å². The fourth-order valence-electron chi connectivity index (χ4n) is 3.16. The van der Waals surface area contributed by atoms with Crippen molar-refractivity contribution in [3.63, 3.8) is 0 Å². The van der Waals surface area contributed by atoms with Crippen molar-refractivity contribution in [3.05, 3.63) is 32.9 Å². The highest BCUT2D eigenvalue weighted by Gasteiger charge is 2.58. The maximum absolute atomic E-state index is 15.3. The highest BCUT2D eigenvalue weighted by Crippen LogP contribution is 2.48. The molecule has 0 aromatic carbocycles. The Balaban J connectivity index is 2.19. The largest absolute Gasteiger partial charge is 0.462 e. The highest BCUT2D eigenvalue weighted by atomic mass is 35.5. The molecule has 1 aliphatic rings. The molecule has 2 rings (SSSR count). The Labute approximate surface area is 243 Å². The SMILES string of the molecule is CC(C)OC(=O)[C@H](C)NP(=S)(OCCSC(=O)C(C)(C)C)OC[C@H]1O[C@@H](n2cc(F)c(=O)[nH]c2=O)[C@@](F)(Cl)[C@@H]1O. The van der Waals surface area contributed by atoms with Gasteiger partial charge < -0.3 is 23.6 Å². The average molecular weight is 652 g/mol. The van der Waals surface area contributed by atoms with Gasteiger partial charge in [0.15, 0.2) is 11.3 Å². The predicted molar refractivity (Wildman–Crippen MR) is 148 cm³/mol. The van der Waals surface area contributed by atoms with E-state index in [0.717, 1.165) is 11.8 Å². The zero-order valence-corrected chi connectivity index (χ0v) is 25.9. The Morgan fingerprint density at radius 2 is 1.98 bits per heavy atom. The van der Waals surface area contributed by atoms with Gasteiger partial charge in [-0.15, -0.1) is 0 Å². The van der Waals surface area contributed by atoms with E-state index in [9.17, 15) is 28.7 Å². The lowest BCUT2D eigenvalue weighted by molar-refractivity contribution is -0.149. The number of nitrogens with zero attached hydrogens (tertiary/aromatic N) is 1. The molecule has 40 heavy (non-hydrogen) atoms. The molecule has 1 saturated heterocycles. The van der Waals surface area contributed by atoms with Gasteiger partial charge >= 0.3 is 11.7 Å². The van der Waals surface area contributed by atoms with Crippen molar-refractivity contribution in [3.8, 4) is 0 Å². The molecule has 0 spiro atoms. The summed E-state index contributed by atoms with van der Waals surface area (Å²) in [6, 6.07) is -1.00. The van der Waals surface area contributed by atoms with Gasteiger partial charge in [-0.25, -0.2) is 14.3 Å². The number of aromatic nitrogens is 2. The summed E-state index contributed by atoms with van der Waals surface area (Å²) in [4.78, 5) is 49.6. The molecule has 1 aromatic heterocycles. The Bertz CT molecular complexity index is 1240. The molecular weight excluding hydrogens is 619 g/mol. The first-order valence-corrected chi connectivity index (χ1v) is 16.1. The molecule has 12 nitrogen and oxygen atoms in total. The number of aliphatic hydroxyl groups excluding tert-OH is 1. The van der Waals surface area contributed by atoms with Gasteiger partial charge in [-0.05, 0) is 32.6 Å². The monoisotopic (exact) mass is 651 g/mol. The second kappa shape index (κ2) is 13.8. The van der Waals surface area contributed by atoms with E-state index in [1.165, 1.54) is 6.92 Å². The summed E-state index contributed by atoms with van der Waals surface area (Å²) in [5.41, 5.74) is -3.16. The summed E-state index contributed by atoms with van der Waals surface area (Å²) in [6.45, 7) is 5.75. The molecule has 1 aromatic rings. The van der Waals surface area contributed by atoms with Crippen molar-refractivity contribution in [2.75, 3.05) is 19.0 Å². The number of hydrogen-bond donors (Lipinski definition) is 3. The number of ether oxygens (including phenoxy) is 2. The minimum atomic E-state index is -3.58. The fraction of sp³-hybridized carbons (Fsp3) is 0.727. The van der Waals surface area contributed by atoms with E-state index in [-0.39, 0.29) is 17.5 Å². The fourth-order valence-corrected chi connectivity index (χ4v) is 6.72. The number of carbonyl (C=O) groups excluding carboxylic acids is 2. The van der Waals surface area contributed by atoms with Crippen molar-refractivity contribution in [2.24, 2.45) is 5.41 Å². The second-order valence-electron chi connectivity index (χ2n) is 10.1. The van der Waals surface area contributed by atoms with E-state index in [4.69, 9.17) is 41.9 Å². The van der Waals surface area contributed by atoms with E-state index >= 15 is 4.39 Å². The van der Waals surface area contributed by atoms with Crippen LogP contribution in [0.15, 0.2) is 15.8 Å². The van der Waals surface area contributed by atoms with Crippen molar-refractivity contribution in [1.82, 2.24) is 14.6 Å². The number of esters is 1. The quantitative estimate of drug-likeness (QED) is 0.131. The normalized spacial score (nSPS) is 25.5. The van der Waals surface area contributed by atoms with E-state index in [0.29, 0.717) is 10.8 Å². The number of halogens is 3. The summed E-state index contributed by atoms with van der Waals surface area (Å²) in [6.07, 6.45) is -5.72. The Morgan fingerprint density at radius 1 is 1.35 bits per heavy atom. The van der Waals surface area contributed by atoms with Crippen LogP contribution in [-0.2, 0) is 39.9 Å². The zero-order chi connectivity index (χ0) is 30.6. The lowest BCUT2D eigenvalue weighted by Crippen LogP contribution is -2.42. The van der Waals surface area contributed by atoms with Crippen molar-refractivity contribution in [1.29, 1.82) is 0 Å². The second-order valence-corrected chi connectivity index (χ2v) is 15.0. The van der Waals surface area contributed by atoms with E-state index < -0.39 is 77.4 Å². The third-order valence-electron chi connectivity index (χ3n) is 5.21. The lowest BCUT2D eigenvalue weighted by Gasteiger charge is -2.28. The topological polar surface area (TPSA) is 158 Å². The van der Waals surface area contributed by atoms with Gasteiger partial charge in [0.25, 0.3) is 17.3 Å². The first kappa shape index (κ1) is 35.0. The number of rotatable bonds is 12. The number of aromatic amines is 1. The van der Waals surface area contributed by atoms with Crippen LogP contribution in [0.4, 0.5) is 8.78 Å². The molecule has 0 radical (unpaired) electrons. The third kappa shape index (κ3) is 9.13. The average Bonchev–Trinajstić information content (AvgIpc) is 3.05. The molecule has 3 N–H and O–H groups in total. The van der Waals surface area contributed by atoms with E-state index in [2.05, 4.69) is 5.09 Å². The summed E-state index contributed by atoms with van der Waals surface area (Å²) in [5, 5.41) is 10.0. The van der Waals surface area contributed by atoms with Crippen molar-refractivity contribution < 1.29 is 42.0 Å². The molecule has 0 saturated carbocycles. The molecule has 1 fully saturated rings. The number of H-pyrrole nitrogens is 1. The Hall–Kier alpha value is -1.23. The number of carbonyl (C=O) groups is 2. The molecule has 6 atom stereocenters. The molecule has 0 aliphatic carbocycles. The number of hydrogen-bond acceptors (Lipinski definition) is 11. The first-order valence-electron chi connectivity index (χ1n) is 12.1. The van der Waals surface area contributed by atoms with Crippen LogP contribution >= 0.6 is 30.0 Å². The van der Waals surface area contributed by atoms with Crippen LogP contribution in [0.5, 0.6) is 0 Å². The molecule has 2 heterocycles. The zero-order valence-electron chi connectivity index (χ0n) is 22.6. The highest BCUT2D eigenvalue weighted by molar-refractivity contribution is 8.13. The van der Waals surface area contributed by atoms with Gasteiger partial charge in [-0.1, -0.05) is 44.1 Å². The lowest BCUT2D eigenvalue weighted by atomic mass is 10.00. The van der Waals surface area contributed by atoms with Gasteiger partial charge in [0, 0.05) is 11.2 Å². The van der Waals surface area contributed by atoms with Crippen LogP contribution in [0.25, 0.3) is 0 Å². The summed E-state index contributed by atoms with van der Waals surface area (Å²) in [7, 11) is 0. The molecule has 18 heteroatoms. The number of nitrogens with one attached hydrogen (secondary N) is 2. The molecule has 1 aliphatic heterocycles.